The number of rotatable bonds is 7. The van der Waals surface area contributed by atoms with Gasteiger partial charge in [-0.1, -0.05) is 12.1 Å². The lowest BCUT2D eigenvalue weighted by Gasteiger charge is -2.26. The van der Waals surface area contributed by atoms with Crippen molar-refractivity contribution >= 4 is 23.2 Å². The van der Waals surface area contributed by atoms with Crippen molar-refractivity contribution in [1.29, 1.82) is 0 Å². The van der Waals surface area contributed by atoms with Crippen LogP contribution in [0, 0.1) is 0 Å². The maximum atomic E-state index is 11.7. The molecule has 1 fully saturated rings. The fraction of sp³-hybridized carbons (Fsp3) is 0.562. The number of halogens is 1. The monoisotopic (exact) mass is 310 g/mol. The van der Waals surface area contributed by atoms with Crippen LogP contribution in [0.2, 0.25) is 0 Å². The van der Waals surface area contributed by atoms with Crippen LogP contribution in [0.3, 0.4) is 0 Å². The Bertz CT molecular complexity index is 430. The van der Waals surface area contributed by atoms with Crippen LogP contribution in [0.1, 0.15) is 24.8 Å². The van der Waals surface area contributed by atoms with Crippen LogP contribution >= 0.6 is 11.6 Å². The maximum Gasteiger partial charge on any atom is 0.224 e. The molecule has 0 aromatic heterocycles. The number of hydrogen-bond acceptors (Lipinski definition) is 3. The van der Waals surface area contributed by atoms with Crippen LogP contribution < -0.4 is 5.32 Å². The highest BCUT2D eigenvalue weighted by Gasteiger charge is 2.10. The third kappa shape index (κ3) is 6.04. The number of morpholine rings is 1. The fourth-order valence-corrected chi connectivity index (χ4v) is 2.50. The number of carbonyl (C=O) groups is 1. The lowest BCUT2D eigenvalue weighted by molar-refractivity contribution is -0.116. The number of amides is 1. The Morgan fingerprint density at radius 3 is 2.57 bits per heavy atom. The fourth-order valence-electron chi connectivity index (χ4n) is 2.31. The predicted octanol–water partition coefficient (Wildman–Crippen LogP) is 2.87. The van der Waals surface area contributed by atoms with Crippen molar-refractivity contribution in [2.24, 2.45) is 0 Å². The Kier molecular flexibility index (Phi) is 7.00. The second-order valence-corrected chi connectivity index (χ2v) is 5.66. The highest BCUT2D eigenvalue weighted by molar-refractivity contribution is 6.17. The molecule has 1 aromatic rings. The lowest BCUT2D eigenvalue weighted by atomic mass is 10.2. The van der Waals surface area contributed by atoms with Crippen molar-refractivity contribution in [3.8, 4) is 0 Å². The molecule has 2 rings (SSSR count). The van der Waals surface area contributed by atoms with Gasteiger partial charge in [0.05, 0.1) is 13.2 Å². The zero-order valence-electron chi connectivity index (χ0n) is 12.3. The predicted molar refractivity (Wildman–Crippen MR) is 85.7 cm³/mol. The number of anilines is 1. The molecule has 1 amide bonds. The van der Waals surface area contributed by atoms with Gasteiger partial charge in [0, 0.05) is 37.6 Å². The minimum Gasteiger partial charge on any atom is -0.379 e. The Morgan fingerprint density at radius 1 is 1.19 bits per heavy atom. The second kappa shape index (κ2) is 9.03. The van der Waals surface area contributed by atoms with Gasteiger partial charge in [-0.15, -0.1) is 11.6 Å². The van der Waals surface area contributed by atoms with Crippen LogP contribution in [-0.2, 0) is 16.1 Å². The van der Waals surface area contributed by atoms with Crippen LogP contribution in [0.5, 0.6) is 0 Å². The van der Waals surface area contributed by atoms with E-state index < -0.39 is 0 Å². The van der Waals surface area contributed by atoms with Gasteiger partial charge in [-0.2, -0.15) is 0 Å². The van der Waals surface area contributed by atoms with Crippen molar-refractivity contribution in [2.75, 3.05) is 37.5 Å². The molecule has 4 nitrogen and oxygen atoms in total. The Balaban J connectivity index is 1.77. The van der Waals surface area contributed by atoms with E-state index in [2.05, 4.69) is 22.3 Å². The first kappa shape index (κ1) is 16.3. The molecule has 0 spiro atoms. The third-order valence-electron chi connectivity index (χ3n) is 3.54. The molecular weight excluding hydrogens is 288 g/mol. The summed E-state index contributed by atoms with van der Waals surface area (Å²) < 4.78 is 5.34. The van der Waals surface area contributed by atoms with E-state index in [-0.39, 0.29) is 5.91 Å². The summed E-state index contributed by atoms with van der Waals surface area (Å²) in [5.74, 6) is 0.671. The molecule has 5 heteroatoms. The first-order chi connectivity index (χ1) is 10.3. The van der Waals surface area contributed by atoms with Gasteiger partial charge in [-0.05, 0) is 30.5 Å². The van der Waals surface area contributed by atoms with Crippen LogP contribution in [0.15, 0.2) is 24.3 Å². The van der Waals surface area contributed by atoms with Crippen molar-refractivity contribution in [2.45, 2.75) is 25.8 Å². The van der Waals surface area contributed by atoms with Gasteiger partial charge in [0.1, 0.15) is 0 Å². The van der Waals surface area contributed by atoms with E-state index in [0.717, 1.165) is 51.4 Å². The summed E-state index contributed by atoms with van der Waals surface area (Å²) in [7, 11) is 0. The normalized spacial score (nSPS) is 15.9. The van der Waals surface area contributed by atoms with Crippen LogP contribution in [0.25, 0.3) is 0 Å². The van der Waals surface area contributed by atoms with Gasteiger partial charge in [0.15, 0.2) is 0 Å². The molecule has 116 valence electrons. The Hall–Kier alpha value is -1.10. The number of carbonyl (C=O) groups excluding carboxylic acids is 1. The summed E-state index contributed by atoms with van der Waals surface area (Å²) in [6, 6.07) is 8.08. The smallest absolute Gasteiger partial charge is 0.224 e. The summed E-state index contributed by atoms with van der Waals surface area (Å²) >= 11 is 5.60. The van der Waals surface area contributed by atoms with Crippen molar-refractivity contribution in [3.63, 3.8) is 0 Å². The number of ether oxygens (including phenoxy) is 1. The van der Waals surface area contributed by atoms with Gasteiger partial charge in [-0.25, -0.2) is 0 Å². The van der Waals surface area contributed by atoms with E-state index in [1.54, 1.807) is 0 Å². The standard InChI is InChI=1S/C16H23ClN2O2/c17-8-2-1-3-16(20)18-15-6-4-14(5-7-15)13-19-9-11-21-12-10-19/h4-7H,1-3,8-13H2,(H,18,20). The minimum atomic E-state index is 0.0565. The maximum absolute atomic E-state index is 11.7. The topological polar surface area (TPSA) is 41.6 Å². The Labute approximate surface area is 131 Å². The molecule has 0 atom stereocenters. The molecule has 0 saturated carbocycles. The van der Waals surface area contributed by atoms with Gasteiger partial charge >= 0.3 is 0 Å². The molecule has 0 radical (unpaired) electrons. The van der Waals surface area contributed by atoms with E-state index in [0.29, 0.717) is 12.3 Å². The summed E-state index contributed by atoms with van der Waals surface area (Å²) in [6.07, 6.45) is 2.25. The van der Waals surface area contributed by atoms with Gasteiger partial charge in [0.2, 0.25) is 5.91 Å². The molecular formula is C16H23ClN2O2. The molecule has 1 N–H and O–H groups in total. The summed E-state index contributed by atoms with van der Waals surface area (Å²) in [5, 5.41) is 2.92. The lowest BCUT2D eigenvalue weighted by Crippen LogP contribution is -2.35. The second-order valence-electron chi connectivity index (χ2n) is 5.28. The molecule has 1 saturated heterocycles. The number of hydrogen-bond donors (Lipinski definition) is 1. The van der Waals surface area contributed by atoms with Gasteiger partial charge < -0.3 is 10.1 Å². The average Bonchev–Trinajstić information content (AvgIpc) is 2.51. The first-order valence-corrected chi connectivity index (χ1v) is 8.06. The molecule has 0 unspecified atom stereocenters. The first-order valence-electron chi connectivity index (χ1n) is 7.53. The minimum absolute atomic E-state index is 0.0565. The van der Waals surface area contributed by atoms with E-state index in [1.165, 1.54) is 5.56 Å². The van der Waals surface area contributed by atoms with E-state index >= 15 is 0 Å². The number of nitrogens with one attached hydrogen (secondary N) is 1. The average molecular weight is 311 g/mol. The SMILES string of the molecule is O=C(CCCCCl)Nc1ccc(CN2CCOCC2)cc1. The number of alkyl halides is 1. The number of nitrogens with zero attached hydrogens (tertiary/aromatic N) is 1. The molecule has 0 aliphatic carbocycles. The van der Waals surface area contributed by atoms with E-state index in [9.17, 15) is 4.79 Å². The largest absolute Gasteiger partial charge is 0.379 e. The zero-order valence-corrected chi connectivity index (χ0v) is 13.1. The zero-order chi connectivity index (χ0) is 14.9. The van der Waals surface area contributed by atoms with E-state index in [1.807, 2.05) is 12.1 Å². The van der Waals surface area contributed by atoms with Crippen LogP contribution in [-0.4, -0.2) is 43.0 Å². The van der Waals surface area contributed by atoms with Gasteiger partial charge in [0.25, 0.3) is 0 Å². The van der Waals surface area contributed by atoms with Gasteiger partial charge in [-0.3, -0.25) is 9.69 Å². The molecule has 1 heterocycles. The summed E-state index contributed by atoms with van der Waals surface area (Å²) in [5.41, 5.74) is 2.12. The molecule has 21 heavy (non-hydrogen) atoms. The number of unbranched alkanes of at least 4 members (excludes halogenated alkanes) is 1. The van der Waals surface area contributed by atoms with E-state index in [4.69, 9.17) is 16.3 Å². The highest BCUT2D eigenvalue weighted by atomic mass is 35.5. The summed E-state index contributed by atoms with van der Waals surface area (Å²) in [6.45, 7) is 4.54. The third-order valence-corrected chi connectivity index (χ3v) is 3.80. The molecule has 1 aromatic carbocycles. The molecule has 1 aliphatic heterocycles. The number of benzene rings is 1. The highest BCUT2D eigenvalue weighted by Crippen LogP contribution is 2.13. The Morgan fingerprint density at radius 2 is 1.90 bits per heavy atom. The van der Waals surface area contributed by atoms with Crippen molar-refractivity contribution in [1.82, 2.24) is 4.90 Å². The van der Waals surface area contributed by atoms with Crippen molar-refractivity contribution in [3.05, 3.63) is 29.8 Å². The summed E-state index contributed by atoms with van der Waals surface area (Å²) in [4.78, 5) is 14.1. The molecule has 0 bridgehead atoms. The van der Waals surface area contributed by atoms with Crippen molar-refractivity contribution < 1.29 is 9.53 Å². The van der Waals surface area contributed by atoms with Crippen LogP contribution in [0.4, 0.5) is 5.69 Å². The quantitative estimate of drug-likeness (QED) is 0.622. The molecule has 1 aliphatic rings.